The first-order valence-electron chi connectivity index (χ1n) is 10.3. The van der Waals surface area contributed by atoms with E-state index in [-0.39, 0.29) is 18.6 Å². The molecule has 2 amide bonds. The highest BCUT2D eigenvalue weighted by Gasteiger charge is 2.42. The molecule has 1 N–H and O–H groups in total. The van der Waals surface area contributed by atoms with E-state index in [1.165, 1.54) is 0 Å². The van der Waals surface area contributed by atoms with E-state index >= 15 is 0 Å². The van der Waals surface area contributed by atoms with Crippen molar-refractivity contribution in [3.05, 3.63) is 83.4 Å². The Morgan fingerprint density at radius 3 is 2.56 bits per heavy atom. The van der Waals surface area contributed by atoms with Gasteiger partial charge >= 0.3 is 0 Å². The Morgan fingerprint density at radius 1 is 1.03 bits per heavy atom. The van der Waals surface area contributed by atoms with Crippen LogP contribution in [0.3, 0.4) is 0 Å². The van der Waals surface area contributed by atoms with Gasteiger partial charge in [0.05, 0.1) is 19.1 Å². The number of hydrogen-bond acceptors (Lipinski definition) is 5. The number of ether oxygens (including phenoxy) is 3. The fourth-order valence-electron chi connectivity index (χ4n) is 4.37. The van der Waals surface area contributed by atoms with Crippen LogP contribution in [0.2, 0.25) is 0 Å². The van der Waals surface area contributed by atoms with Gasteiger partial charge in [0.2, 0.25) is 12.7 Å². The number of likely N-dealkylation sites (N-methyl/N-ethyl adjacent to an activating group) is 1. The quantitative estimate of drug-likeness (QED) is 0.678. The maximum Gasteiger partial charge on any atom is 0.254 e. The molecule has 0 fully saturated rings. The normalized spacial score (nSPS) is 18.8. The molecule has 32 heavy (non-hydrogen) atoms. The fourth-order valence-corrected chi connectivity index (χ4v) is 4.37. The zero-order valence-corrected chi connectivity index (χ0v) is 17.7. The van der Waals surface area contributed by atoms with E-state index in [0.717, 1.165) is 5.56 Å². The van der Waals surface area contributed by atoms with Crippen LogP contribution < -0.4 is 19.5 Å². The topological polar surface area (TPSA) is 77.1 Å². The van der Waals surface area contributed by atoms with Gasteiger partial charge in [-0.3, -0.25) is 9.59 Å². The summed E-state index contributed by atoms with van der Waals surface area (Å²) in [7, 11) is 3.33. The number of fused-ring (bicyclic) bond motifs is 2. The number of nitrogens with zero attached hydrogens (tertiary/aromatic N) is 1. The summed E-state index contributed by atoms with van der Waals surface area (Å²) < 4.78 is 16.0. The summed E-state index contributed by atoms with van der Waals surface area (Å²) in [6.07, 6.45) is 0. The lowest BCUT2D eigenvalue weighted by molar-refractivity contribution is -0.119. The predicted molar refractivity (Wildman–Crippen MR) is 118 cm³/mol. The van der Waals surface area contributed by atoms with E-state index in [9.17, 15) is 9.59 Å². The van der Waals surface area contributed by atoms with Gasteiger partial charge in [0, 0.05) is 24.4 Å². The van der Waals surface area contributed by atoms with Gasteiger partial charge in [-0.2, -0.15) is 0 Å². The minimum absolute atomic E-state index is 0.117. The zero-order chi connectivity index (χ0) is 22.2. The van der Waals surface area contributed by atoms with Crippen molar-refractivity contribution in [2.75, 3.05) is 26.3 Å². The Hall–Kier alpha value is -4.00. The molecule has 7 nitrogen and oxygen atoms in total. The van der Waals surface area contributed by atoms with E-state index in [0.29, 0.717) is 34.1 Å². The number of nitrogens with one attached hydrogen (secondary N) is 1. The molecular weight excluding hydrogens is 408 g/mol. The summed E-state index contributed by atoms with van der Waals surface area (Å²) in [6.45, 7) is 0.162. The van der Waals surface area contributed by atoms with Crippen molar-refractivity contribution < 1.29 is 23.8 Å². The smallest absolute Gasteiger partial charge is 0.254 e. The highest BCUT2D eigenvalue weighted by atomic mass is 16.7. The second-order valence-electron chi connectivity index (χ2n) is 7.76. The van der Waals surface area contributed by atoms with Gasteiger partial charge in [0.1, 0.15) is 5.75 Å². The minimum atomic E-state index is -0.604. The third kappa shape index (κ3) is 3.32. The molecule has 0 aromatic heterocycles. The number of anilines is 1. The first-order chi connectivity index (χ1) is 15.6. The molecule has 5 rings (SSSR count). The van der Waals surface area contributed by atoms with Crippen molar-refractivity contribution in [1.29, 1.82) is 0 Å². The minimum Gasteiger partial charge on any atom is -0.497 e. The molecule has 3 aromatic rings. The molecular formula is C25H22N2O5. The van der Waals surface area contributed by atoms with Gasteiger partial charge in [-0.05, 0) is 41.5 Å². The van der Waals surface area contributed by atoms with Crippen LogP contribution in [0.4, 0.5) is 5.69 Å². The zero-order valence-electron chi connectivity index (χ0n) is 17.7. The van der Waals surface area contributed by atoms with Crippen LogP contribution >= 0.6 is 0 Å². The van der Waals surface area contributed by atoms with Crippen molar-refractivity contribution in [3.8, 4) is 17.2 Å². The summed E-state index contributed by atoms with van der Waals surface area (Å²) >= 11 is 0. The highest BCUT2D eigenvalue weighted by molar-refractivity contribution is 6.04. The molecule has 2 heterocycles. The molecule has 162 valence electrons. The summed E-state index contributed by atoms with van der Waals surface area (Å²) in [4.78, 5) is 28.4. The number of benzene rings is 3. The van der Waals surface area contributed by atoms with Crippen LogP contribution in [0.1, 0.15) is 33.4 Å². The van der Waals surface area contributed by atoms with E-state index in [2.05, 4.69) is 5.32 Å². The van der Waals surface area contributed by atoms with Crippen LogP contribution in [0.25, 0.3) is 0 Å². The molecule has 3 aromatic carbocycles. The second-order valence-corrected chi connectivity index (χ2v) is 7.76. The van der Waals surface area contributed by atoms with Gasteiger partial charge in [-0.15, -0.1) is 0 Å². The van der Waals surface area contributed by atoms with Gasteiger partial charge in [0.25, 0.3) is 5.91 Å². The highest BCUT2D eigenvalue weighted by Crippen LogP contribution is 2.43. The Kier molecular flexibility index (Phi) is 4.93. The Morgan fingerprint density at radius 2 is 1.78 bits per heavy atom. The summed E-state index contributed by atoms with van der Waals surface area (Å²) in [5.74, 6) is 1.01. The SMILES string of the molecule is COc1ccc([C@@H]2[C@H](C(=O)Nc3ccc4c(c3)OCO4)c3ccccc3C(=O)N2C)cc1. The third-order valence-corrected chi connectivity index (χ3v) is 5.96. The van der Waals surface area contributed by atoms with Gasteiger partial charge in [0.15, 0.2) is 11.5 Å². The van der Waals surface area contributed by atoms with Gasteiger partial charge in [-0.1, -0.05) is 30.3 Å². The lowest BCUT2D eigenvalue weighted by Crippen LogP contribution is -2.44. The first-order valence-corrected chi connectivity index (χ1v) is 10.3. The Balaban J connectivity index is 1.55. The van der Waals surface area contributed by atoms with Gasteiger partial charge < -0.3 is 24.4 Å². The maximum absolute atomic E-state index is 13.6. The van der Waals surface area contributed by atoms with E-state index < -0.39 is 12.0 Å². The second kappa shape index (κ2) is 7.92. The van der Waals surface area contributed by atoms with Crippen molar-refractivity contribution in [2.24, 2.45) is 0 Å². The van der Waals surface area contributed by atoms with Crippen molar-refractivity contribution in [1.82, 2.24) is 4.90 Å². The fraction of sp³-hybridized carbons (Fsp3) is 0.200. The molecule has 0 bridgehead atoms. The molecule has 2 aliphatic heterocycles. The molecule has 0 saturated heterocycles. The third-order valence-electron chi connectivity index (χ3n) is 5.96. The Labute approximate surface area is 185 Å². The van der Waals surface area contributed by atoms with Crippen LogP contribution in [0, 0.1) is 0 Å². The molecule has 0 saturated carbocycles. The van der Waals surface area contributed by atoms with Crippen LogP contribution in [-0.4, -0.2) is 37.7 Å². The lowest BCUT2D eigenvalue weighted by Gasteiger charge is -2.39. The molecule has 2 aliphatic rings. The average Bonchev–Trinajstić information content (AvgIpc) is 3.29. The summed E-state index contributed by atoms with van der Waals surface area (Å²) in [5, 5.41) is 3.00. The van der Waals surface area contributed by atoms with Gasteiger partial charge in [-0.25, -0.2) is 0 Å². The van der Waals surface area contributed by atoms with Crippen molar-refractivity contribution in [3.63, 3.8) is 0 Å². The van der Waals surface area contributed by atoms with Crippen molar-refractivity contribution >= 4 is 17.5 Å². The molecule has 0 aliphatic carbocycles. The maximum atomic E-state index is 13.6. The summed E-state index contributed by atoms with van der Waals surface area (Å²) in [6, 6.07) is 19.5. The average molecular weight is 430 g/mol. The summed E-state index contributed by atoms with van der Waals surface area (Å²) in [5.41, 5.74) is 2.69. The van der Waals surface area contributed by atoms with Crippen LogP contribution in [-0.2, 0) is 4.79 Å². The van der Waals surface area contributed by atoms with E-state index in [1.54, 1.807) is 43.3 Å². The van der Waals surface area contributed by atoms with Crippen LogP contribution in [0.5, 0.6) is 17.2 Å². The molecule has 2 atom stereocenters. The molecule has 0 unspecified atom stereocenters. The predicted octanol–water partition coefficient (Wildman–Crippen LogP) is 3.97. The first kappa shape index (κ1) is 19.9. The monoisotopic (exact) mass is 430 g/mol. The van der Waals surface area contributed by atoms with E-state index in [1.807, 2.05) is 42.5 Å². The molecule has 0 radical (unpaired) electrons. The molecule has 7 heteroatoms. The number of rotatable bonds is 4. The number of carbonyl (C=O) groups is 2. The number of amides is 2. The largest absolute Gasteiger partial charge is 0.497 e. The van der Waals surface area contributed by atoms with Crippen LogP contribution in [0.15, 0.2) is 66.7 Å². The number of carbonyl (C=O) groups excluding carboxylic acids is 2. The van der Waals surface area contributed by atoms with Crippen molar-refractivity contribution in [2.45, 2.75) is 12.0 Å². The number of methoxy groups -OCH3 is 1. The Bertz CT molecular complexity index is 1190. The van der Waals surface area contributed by atoms with E-state index in [4.69, 9.17) is 14.2 Å². The standard InChI is InChI=1S/C25H22N2O5/c1-27-23(15-7-10-17(30-2)11-8-15)22(18-5-3-4-6-19(18)25(27)29)24(28)26-16-9-12-20-21(13-16)32-14-31-20/h3-13,22-23H,14H2,1-2H3,(H,26,28)/t22-,23-/m1/s1. The molecule has 0 spiro atoms. The number of hydrogen-bond donors (Lipinski definition) is 1. The lowest BCUT2D eigenvalue weighted by atomic mass is 9.79.